The summed E-state index contributed by atoms with van der Waals surface area (Å²) in [5.41, 5.74) is 5.51. The molecule has 28 heavy (non-hydrogen) atoms. The van der Waals surface area contributed by atoms with E-state index in [-0.39, 0.29) is 11.6 Å². The van der Waals surface area contributed by atoms with Gasteiger partial charge in [-0.3, -0.25) is 9.59 Å². The van der Waals surface area contributed by atoms with E-state index in [1.54, 1.807) is 12.1 Å². The lowest BCUT2D eigenvalue weighted by atomic mass is 9.82. The number of Topliss-reactive ketones (excluding diaryl/α,β-unsaturated/α-hetero) is 2. The van der Waals surface area contributed by atoms with Crippen LogP contribution < -0.4 is 0 Å². The summed E-state index contributed by atoms with van der Waals surface area (Å²) < 4.78 is 0. The van der Waals surface area contributed by atoms with Gasteiger partial charge in [0, 0.05) is 22.3 Å². The number of ketones is 2. The van der Waals surface area contributed by atoms with E-state index in [1.807, 2.05) is 42.5 Å². The highest BCUT2D eigenvalue weighted by Crippen LogP contribution is 2.35. The van der Waals surface area contributed by atoms with Crippen LogP contribution in [0.3, 0.4) is 0 Å². The average molecular weight is 362 g/mol. The molecule has 0 fully saturated rings. The predicted octanol–water partition coefficient (Wildman–Crippen LogP) is 6.07. The Morgan fingerprint density at radius 1 is 0.536 bits per heavy atom. The van der Waals surface area contributed by atoms with E-state index in [0.29, 0.717) is 22.3 Å². The minimum atomic E-state index is -0.196. The van der Waals surface area contributed by atoms with Crippen molar-refractivity contribution in [2.75, 3.05) is 0 Å². The number of carbonyl (C=O) groups excluding carboxylic acids is 2. The third-order valence-electron chi connectivity index (χ3n) is 5.02. The molecule has 0 aromatic heterocycles. The molecule has 0 unspecified atom stereocenters. The number of fused-ring (bicyclic) bond motifs is 1. The van der Waals surface area contributed by atoms with E-state index in [9.17, 15) is 9.59 Å². The van der Waals surface area contributed by atoms with Crippen LogP contribution in [0.2, 0.25) is 0 Å². The molecule has 3 aromatic carbocycles. The Morgan fingerprint density at radius 3 is 1.68 bits per heavy atom. The fourth-order valence-corrected chi connectivity index (χ4v) is 3.64. The first kappa shape index (κ1) is 17.6. The van der Waals surface area contributed by atoms with Gasteiger partial charge in [-0.25, -0.2) is 0 Å². The van der Waals surface area contributed by atoms with Gasteiger partial charge in [0.1, 0.15) is 0 Å². The maximum atomic E-state index is 13.0. The molecule has 134 valence electrons. The van der Waals surface area contributed by atoms with Crippen LogP contribution in [0, 0.1) is 0 Å². The molecule has 0 N–H and O–H groups in total. The van der Waals surface area contributed by atoms with Crippen LogP contribution in [-0.2, 0) is 0 Å². The second kappa shape index (κ2) is 7.09. The Bertz CT molecular complexity index is 1160. The van der Waals surface area contributed by atoms with Gasteiger partial charge >= 0.3 is 0 Å². The lowest BCUT2D eigenvalue weighted by Crippen LogP contribution is -2.20. The van der Waals surface area contributed by atoms with Crippen LogP contribution in [-0.4, -0.2) is 11.6 Å². The molecule has 2 nitrogen and oxygen atoms in total. The predicted molar refractivity (Wildman–Crippen MR) is 113 cm³/mol. The van der Waals surface area contributed by atoms with Gasteiger partial charge in [-0.1, -0.05) is 86.0 Å². The lowest BCUT2D eigenvalue weighted by molar-refractivity contribution is 0.0981. The van der Waals surface area contributed by atoms with E-state index < -0.39 is 0 Å². The Labute approximate surface area is 164 Å². The second-order valence-electron chi connectivity index (χ2n) is 6.57. The van der Waals surface area contributed by atoms with Crippen molar-refractivity contribution < 1.29 is 9.59 Å². The molecule has 0 bridgehead atoms. The first-order valence-electron chi connectivity index (χ1n) is 9.03. The molecule has 1 aliphatic carbocycles. The van der Waals surface area contributed by atoms with Crippen molar-refractivity contribution in [1.82, 2.24) is 0 Å². The highest BCUT2D eigenvalue weighted by Gasteiger charge is 2.29. The second-order valence-corrected chi connectivity index (χ2v) is 6.57. The van der Waals surface area contributed by atoms with Crippen LogP contribution >= 0.6 is 0 Å². The number of hydrogen-bond donors (Lipinski definition) is 0. The summed E-state index contributed by atoms with van der Waals surface area (Å²) in [7, 11) is 0. The van der Waals surface area contributed by atoms with E-state index in [2.05, 4.69) is 31.4 Å². The van der Waals surface area contributed by atoms with Crippen molar-refractivity contribution in [3.63, 3.8) is 0 Å². The van der Waals surface area contributed by atoms with Crippen LogP contribution in [0.4, 0.5) is 0 Å². The number of allylic oxidation sites excluding steroid dienone is 4. The fourth-order valence-electron chi connectivity index (χ4n) is 3.64. The van der Waals surface area contributed by atoms with Crippen LogP contribution in [0.1, 0.15) is 20.7 Å². The Balaban J connectivity index is 1.89. The van der Waals surface area contributed by atoms with Crippen molar-refractivity contribution >= 4 is 11.6 Å². The number of carbonyl (C=O) groups is 2. The third kappa shape index (κ3) is 2.76. The van der Waals surface area contributed by atoms with Crippen LogP contribution in [0.15, 0.2) is 109 Å². The summed E-state index contributed by atoms with van der Waals surface area (Å²) in [5, 5.41) is 0. The van der Waals surface area contributed by atoms with Crippen molar-refractivity contribution in [3.05, 3.63) is 120 Å². The van der Waals surface area contributed by atoms with E-state index in [4.69, 9.17) is 0 Å². The average Bonchev–Trinajstić information content (AvgIpc) is 2.76. The van der Waals surface area contributed by atoms with Crippen molar-refractivity contribution in [3.8, 4) is 22.3 Å². The quantitative estimate of drug-likeness (QED) is 0.564. The van der Waals surface area contributed by atoms with Gasteiger partial charge in [0.2, 0.25) is 0 Å². The van der Waals surface area contributed by atoms with Gasteiger partial charge in [0.15, 0.2) is 11.6 Å². The summed E-state index contributed by atoms with van der Waals surface area (Å²) in [5.74, 6) is -0.388. The number of rotatable bonds is 4. The molecule has 0 atom stereocenters. The summed E-state index contributed by atoms with van der Waals surface area (Å²) in [4.78, 5) is 25.7. The first-order chi connectivity index (χ1) is 13.7. The van der Waals surface area contributed by atoms with Gasteiger partial charge in [-0.05, 0) is 34.4 Å². The lowest BCUT2D eigenvalue weighted by Gasteiger charge is -2.19. The monoisotopic (exact) mass is 362 g/mol. The van der Waals surface area contributed by atoms with Gasteiger partial charge in [-0.15, -0.1) is 0 Å². The molecule has 2 heteroatoms. The van der Waals surface area contributed by atoms with Crippen LogP contribution in [0.5, 0.6) is 0 Å². The van der Waals surface area contributed by atoms with E-state index in [1.165, 1.54) is 12.2 Å². The molecule has 0 radical (unpaired) electrons. The Kier molecular flexibility index (Phi) is 4.46. The van der Waals surface area contributed by atoms with Crippen LogP contribution in [0.25, 0.3) is 22.3 Å². The molecule has 1 aliphatic rings. The van der Waals surface area contributed by atoms with Crippen molar-refractivity contribution in [2.45, 2.75) is 0 Å². The summed E-state index contributed by atoms with van der Waals surface area (Å²) in [6, 6.07) is 23.6. The first-order valence-corrected chi connectivity index (χ1v) is 9.03. The van der Waals surface area contributed by atoms with Gasteiger partial charge in [0.25, 0.3) is 0 Å². The fraction of sp³-hybridized carbons (Fsp3) is 0. The summed E-state index contributed by atoms with van der Waals surface area (Å²) in [6.45, 7) is 7.37. The topological polar surface area (TPSA) is 34.1 Å². The number of hydrogen-bond acceptors (Lipinski definition) is 2. The molecule has 3 aromatic rings. The molecule has 0 spiro atoms. The molecular formula is C26H18O2. The molecule has 4 rings (SSSR count). The van der Waals surface area contributed by atoms with Crippen molar-refractivity contribution in [1.29, 1.82) is 0 Å². The zero-order chi connectivity index (χ0) is 19.7. The number of benzene rings is 3. The molecule has 0 amide bonds. The van der Waals surface area contributed by atoms with E-state index >= 15 is 0 Å². The highest BCUT2D eigenvalue weighted by atomic mass is 16.1. The minimum Gasteiger partial charge on any atom is -0.289 e. The van der Waals surface area contributed by atoms with Gasteiger partial charge < -0.3 is 0 Å². The smallest absolute Gasteiger partial charge is 0.194 e. The van der Waals surface area contributed by atoms with Crippen molar-refractivity contribution in [2.24, 2.45) is 0 Å². The SMILES string of the molecule is C=CC1=C(C=C)C(=O)c2cc(-c3ccccc3-c3ccccc3)ccc2C1=O. The van der Waals surface area contributed by atoms with Gasteiger partial charge in [0.05, 0.1) is 0 Å². The molecule has 0 aliphatic heterocycles. The Hall–Kier alpha value is -3.78. The zero-order valence-electron chi connectivity index (χ0n) is 15.3. The van der Waals surface area contributed by atoms with E-state index in [0.717, 1.165) is 22.3 Å². The highest BCUT2D eigenvalue weighted by molar-refractivity contribution is 6.29. The summed E-state index contributed by atoms with van der Waals surface area (Å²) >= 11 is 0. The van der Waals surface area contributed by atoms with Gasteiger partial charge in [-0.2, -0.15) is 0 Å². The largest absolute Gasteiger partial charge is 0.289 e. The molecule has 0 saturated heterocycles. The zero-order valence-corrected chi connectivity index (χ0v) is 15.3. The third-order valence-corrected chi connectivity index (χ3v) is 5.02. The molecular weight excluding hydrogens is 344 g/mol. The maximum Gasteiger partial charge on any atom is 0.194 e. The Morgan fingerprint density at radius 2 is 1.07 bits per heavy atom. The molecule has 0 heterocycles. The standard InChI is InChI=1S/C26H18O2/c1-3-19-20(4-2)26(28)24-16-18(14-15-23(24)25(19)27)22-13-9-8-12-21(22)17-10-6-5-7-11-17/h3-16H,1-2H2. The summed E-state index contributed by atoms with van der Waals surface area (Å²) in [6.07, 6.45) is 2.86. The normalized spacial score (nSPS) is 13.3. The molecule has 0 saturated carbocycles. The maximum absolute atomic E-state index is 13.0. The minimum absolute atomic E-state index is 0.192.